The molecule has 0 atom stereocenters. The molecule has 0 aliphatic carbocycles. The third kappa shape index (κ3) is 4.03. The number of rotatable bonds is 3. The molecular weight excluding hydrogens is 292 g/mol. The van der Waals surface area contributed by atoms with Gasteiger partial charge in [-0.2, -0.15) is 0 Å². The molecule has 0 unspecified atom stereocenters. The van der Waals surface area contributed by atoms with Gasteiger partial charge in [0.15, 0.2) is 0 Å². The third-order valence-corrected chi connectivity index (χ3v) is 3.91. The SMILES string of the molecule is CCOc1ccccc1C(=O)N1CCN(C(=O)C(C)(C)C)CC1. The van der Waals surface area contributed by atoms with Gasteiger partial charge in [0.05, 0.1) is 12.2 Å². The van der Waals surface area contributed by atoms with Crippen LogP contribution in [0.15, 0.2) is 24.3 Å². The van der Waals surface area contributed by atoms with Crippen molar-refractivity contribution in [2.45, 2.75) is 27.7 Å². The van der Waals surface area contributed by atoms with Crippen LogP contribution in [0.4, 0.5) is 0 Å². The van der Waals surface area contributed by atoms with E-state index in [-0.39, 0.29) is 17.2 Å². The van der Waals surface area contributed by atoms with E-state index in [4.69, 9.17) is 4.74 Å². The Balaban J connectivity index is 2.03. The largest absolute Gasteiger partial charge is 0.493 e. The lowest BCUT2D eigenvalue weighted by molar-refractivity contribution is -0.140. The van der Waals surface area contributed by atoms with E-state index in [1.165, 1.54) is 0 Å². The van der Waals surface area contributed by atoms with Crippen LogP contribution in [0.1, 0.15) is 38.1 Å². The van der Waals surface area contributed by atoms with Gasteiger partial charge in [-0.05, 0) is 19.1 Å². The molecule has 1 heterocycles. The van der Waals surface area contributed by atoms with E-state index in [9.17, 15) is 9.59 Å². The Morgan fingerprint density at radius 1 is 1.04 bits per heavy atom. The first-order valence-corrected chi connectivity index (χ1v) is 8.15. The van der Waals surface area contributed by atoms with Crippen molar-refractivity contribution in [2.75, 3.05) is 32.8 Å². The van der Waals surface area contributed by atoms with Gasteiger partial charge in [-0.1, -0.05) is 32.9 Å². The second-order valence-corrected chi connectivity index (χ2v) is 6.76. The van der Waals surface area contributed by atoms with E-state index in [2.05, 4.69) is 0 Å². The maximum Gasteiger partial charge on any atom is 0.257 e. The number of piperazine rings is 1. The van der Waals surface area contributed by atoms with Crippen molar-refractivity contribution in [3.8, 4) is 5.75 Å². The van der Waals surface area contributed by atoms with Crippen LogP contribution in [-0.2, 0) is 4.79 Å². The first kappa shape index (κ1) is 17.3. The van der Waals surface area contributed by atoms with Crippen LogP contribution in [0.5, 0.6) is 5.75 Å². The van der Waals surface area contributed by atoms with Crippen molar-refractivity contribution < 1.29 is 14.3 Å². The average Bonchev–Trinajstić information content (AvgIpc) is 2.54. The Morgan fingerprint density at radius 3 is 2.17 bits per heavy atom. The van der Waals surface area contributed by atoms with Gasteiger partial charge in [0, 0.05) is 31.6 Å². The normalized spacial score (nSPS) is 15.5. The number of carbonyl (C=O) groups is 2. The van der Waals surface area contributed by atoms with Crippen LogP contribution < -0.4 is 4.74 Å². The molecule has 1 aromatic rings. The lowest BCUT2D eigenvalue weighted by Crippen LogP contribution is -2.53. The maximum absolute atomic E-state index is 12.7. The lowest BCUT2D eigenvalue weighted by Gasteiger charge is -2.37. The molecule has 1 saturated heterocycles. The van der Waals surface area contributed by atoms with Crippen molar-refractivity contribution in [1.29, 1.82) is 0 Å². The summed E-state index contributed by atoms with van der Waals surface area (Å²) < 4.78 is 5.54. The topological polar surface area (TPSA) is 49.9 Å². The van der Waals surface area contributed by atoms with Gasteiger partial charge in [0.25, 0.3) is 5.91 Å². The zero-order valence-electron chi connectivity index (χ0n) is 14.5. The Bertz CT molecular complexity index is 570. The monoisotopic (exact) mass is 318 g/mol. The van der Waals surface area contributed by atoms with Gasteiger partial charge in [-0.3, -0.25) is 9.59 Å². The molecule has 0 radical (unpaired) electrons. The molecule has 1 fully saturated rings. The van der Waals surface area contributed by atoms with Crippen molar-refractivity contribution in [2.24, 2.45) is 5.41 Å². The van der Waals surface area contributed by atoms with Crippen LogP contribution in [-0.4, -0.2) is 54.4 Å². The first-order chi connectivity index (χ1) is 10.8. The number of amides is 2. The maximum atomic E-state index is 12.7. The fourth-order valence-electron chi connectivity index (χ4n) is 2.68. The molecule has 126 valence electrons. The van der Waals surface area contributed by atoms with E-state index in [1.807, 2.05) is 50.8 Å². The zero-order chi connectivity index (χ0) is 17.0. The van der Waals surface area contributed by atoms with Crippen molar-refractivity contribution in [1.82, 2.24) is 9.80 Å². The van der Waals surface area contributed by atoms with Gasteiger partial charge in [0.1, 0.15) is 5.75 Å². The number of hydrogen-bond acceptors (Lipinski definition) is 3. The van der Waals surface area contributed by atoms with Crippen molar-refractivity contribution >= 4 is 11.8 Å². The standard InChI is InChI=1S/C18H26N2O3/c1-5-23-15-9-7-6-8-14(15)16(21)19-10-12-20(13-11-19)17(22)18(2,3)4/h6-9H,5,10-13H2,1-4H3. The first-order valence-electron chi connectivity index (χ1n) is 8.15. The summed E-state index contributed by atoms with van der Waals surface area (Å²) in [6.07, 6.45) is 0. The fourth-order valence-corrected chi connectivity index (χ4v) is 2.68. The zero-order valence-corrected chi connectivity index (χ0v) is 14.5. The van der Waals surface area contributed by atoms with Gasteiger partial charge in [-0.25, -0.2) is 0 Å². The highest BCUT2D eigenvalue weighted by Crippen LogP contribution is 2.22. The minimum atomic E-state index is -0.381. The molecule has 1 aliphatic rings. The Labute approximate surface area is 138 Å². The lowest BCUT2D eigenvalue weighted by atomic mass is 9.94. The fraction of sp³-hybridized carbons (Fsp3) is 0.556. The molecule has 5 nitrogen and oxygen atoms in total. The summed E-state index contributed by atoms with van der Waals surface area (Å²) in [5.74, 6) is 0.726. The van der Waals surface area contributed by atoms with Crippen LogP contribution >= 0.6 is 0 Å². The number of hydrogen-bond donors (Lipinski definition) is 0. The molecule has 5 heteroatoms. The van der Waals surface area contributed by atoms with Crippen LogP contribution in [0.3, 0.4) is 0 Å². The molecule has 0 bridgehead atoms. The minimum Gasteiger partial charge on any atom is -0.493 e. The molecule has 1 aliphatic heterocycles. The van der Waals surface area contributed by atoms with E-state index >= 15 is 0 Å². The number of benzene rings is 1. The quantitative estimate of drug-likeness (QED) is 0.860. The number of ether oxygens (including phenoxy) is 1. The number of nitrogens with zero attached hydrogens (tertiary/aromatic N) is 2. The third-order valence-electron chi connectivity index (χ3n) is 3.91. The summed E-state index contributed by atoms with van der Waals surface area (Å²) in [6.45, 7) is 10.5. The highest BCUT2D eigenvalue weighted by molar-refractivity contribution is 5.97. The molecular formula is C18H26N2O3. The molecule has 0 spiro atoms. The van der Waals surface area contributed by atoms with Gasteiger partial charge >= 0.3 is 0 Å². The summed E-state index contributed by atoms with van der Waals surface area (Å²) >= 11 is 0. The smallest absolute Gasteiger partial charge is 0.257 e. The van der Waals surface area contributed by atoms with Crippen LogP contribution in [0.25, 0.3) is 0 Å². The van der Waals surface area contributed by atoms with Gasteiger partial charge < -0.3 is 14.5 Å². The average molecular weight is 318 g/mol. The molecule has 0 saturated carbocycles. The summed E-state index contributed by atoms with van der Waals surface area (Å²) in [5, 5.41) is 0. The molecule has 0 aromatic heterocycles. The van der Waals surface area contributed by atoms with Crippen molar-refractivity contribution in [3.63, 3.8) is 0 Å². The predicted molar refractivity (Wildman–Crippen MR) is 89.5 cm³/mol. The Hall–Kier alpha value is -2.04. The summed E-state index contributed by atoms with van der Waals surface area (Å²) in [5.41, 5.74) is 0.207. The molecule has 1 aromatic carbocycles. The van der Waals surface area contributed by atoms with Crippen LogP contribution in [0, 0.1) is 5.41 Å². The van der Waals surface area contributed by atoms with Gasteiger partial charge in [-0.15, -0.1) is 0 Å². The molecule has 23 heavy (non-hydrogen) atoms. The Morgan fingerprint density at radius 2 is 1.61 bits per heavy atom. The summed E-state index contributed by atoms with van der Waals surface area (Å²) in [7, 11) is 0. The second kappa shape index (κ2) is 7.02. The summed E-state index contributed by atoms with van der Waals surface area (Å²) in [4.78, 5) is 28.7. The van der Waals surface area contributed by atoms with E-state index < -0.39 is 0 Å². The molecule has 2 amide bonds. The van der Waals surface area contributed by atoms with Crippen molar-refractivity contribution in [3.05, 3.63) is 29.8 Å². The van der Waals surface area contributed by atoms with E-state index in [0.717, 1.165) is 0 Å². The number of para-hydroxylation sites is 1. The summed E-state index contributed by atoms with van der Waals surface area (Å²) in [6, 6.07) is 7.31. The van der Waals surface area contributed by atoms with Crippen LogP contribution in [0.2, 0.25) is 0 Å². The van der Waals surface area contributed by atoms with Gasteiger partial charge in [0.2, 0.25) is 5.91 Å². The predicted octanol–water partition coefficient (Wildman–Crippen LogP) is 2.42. The van der Waals surface area contributed by atoms with E-state index in [0.29, 0.717) is 44.1 Å². The number of carbonyl (C=O) groups excluding carboxylic acids is 2. The van der Waals surface area contributed by atoms with E-state index in [1.54, 1.807) is 11.0 Å². The molecule has 0 N–H and O–H groups in total. The Kier molecular flexibility index (Phi) is 5.29. The highest BCUT2D eigenvalue weighted by Gasteiger charge is 2.31. The second-order valence-electron chi connectivity index (χ2n) is 6.76. The molecule has 2 rings (SSSR count). The highest BCUT2D eigenvalue weighted by atomic mass is 16.5. The minimum absolute atomic E-state index is 0.0306.